The fourth-order valence-electron chi connectivity index (χ4n) is 3.00. The third-order valence-corrected chi connectivity index (χ3v) is 4.89. The Bertz CT molecular complexity index is 894. The molecule has 0 spiro atoms. The molecular formula is C20H19ClFN3O2. The van der Waals surface area contributed by atoms with Gasteiger partial charge >= 0.3 is 0 Å². The maximum absolute atomic E-state index is 13.1. The summed E-state index contributed by atoms with van der Waals surface area (Å²) >= 11 is 5.91. The van der Waals surface area contributed by atoms with Crippen molar-refractivity contribution in [1.29, 1.82) is 0 Å². The first-order valence-corrected chi connectivity index (χ1v) is 9.22. The number of hydrogen-bond acceptors (Lipinski definition) is 5. The number of aliphatic hydroxyl groups excluding tert-OH is 1. The van der Waals surface area contributed by atoms with E-state index in [0.29, 0.717) is 41.4 Å². The third-order valence-electron chi connectivity index (χ3n) is 4.63. The number of aromatic nitrogens is 2. The molecule has 0 aliphatic heterocycles. The van der Waals surface area contributed by atoms with Crippen molar-refractivity contribution in [3.8, 4) is 11.4 Å². The average Bonchev–Trinajstić information content (AvgIpc) is 3.42. The minimum absolute atomic E-state index is 0.314. The highest BCUT2D eigenvalue weighted by Crippen LogP contribution is 2.30. The molecule has 1 heterocycles. The summed E-state index contributed by atoms with van der Waals surface area (Å²) < 4.78 is 18.5. The molecule has 1 aliphatic rings. The van der Waals surface area contributed by atoms with E-state index in [-0.39, 0.29) is 5.82 Å². The number of hydrogen-bond donors (Lipinski definition) is 1. The van der Waals surface area contributed by atoms with Crippen LogP contribution >= 0.6 is 11.6 Å². The van der Waals surface area contributed by atoms with E-state index in [0.717, 1.165) is 18.4 Å². The third kappa shape index (κ3) is 4.53. The van der Waals surface area contributed by atoms with Crippen LogP contribution in [0.5, 0.6) is 0 Å². The second kappa shape index (κ2) is 7.76. The molecule has 1 saturated carbocycles. The summed E-state index contributed by atoms with van der Waals surface area (Å²) in [7, 11) is 0. The molecular weight excluding hydrogens is 369 g/mol. The van der Waals surface area contributed by atoms with Crippen molar-refractivity contribution in [2.45, 2.75) is 31.5 Å². The minimum Gasteiger partial charge on any atom is -0.387 e. The van der Waals surface area contributed by atoms with E-state index < -0.39 is 6.10 Å². The average molecular weight is 388 g/mol. The van der Waals surface area contributed by atoms with E-state index in [1.807, 2.05) is 12.1 Å². The number of rotatable bonds is 7. The first kappa shape index (κ1) is 18.1. The van der Waals surface area contributed by atoms with Crippen molar-refractivity contribution in [1.82, 2.24) is 15.0 Å². The van der Waals surface area contributed by atoms with Crippen LogP contribution in [0.1, 0.15) is 30.4 Å². The molecule has 1 fully saturated rings. The van der Waals surface area contributed by atoms with Crippen LogP contribution in [-0.4, -0.2) is 32.7 Å². The number of aliphatic hydroxyl groups is 1. The highest BCUT2D eigenvalue weighted by atomic mass is 35.5. The van der Waals surface area contributed by atoms with Crippen LogP contribution in [-0.2, 0) is 6.54 Å². The molecule has 2 aromatic carbocycles. The van der Waals surface area contributed by atoms with Crippen molar-refractivity contribution in [2.24, 2.45) is 0 Å². The minimum atomic E-state index is -0.704. The zero-order valence-corrected chi connectivity index (χ0v) is 15.3. The number of nitrogens with zero attached hydrogens (tertiary/aromatic N) is 3. The van der Waals surface area contributed by atoms with Gasteiger partial charge in [-0.2, -0.15) is 4.98 Å². The van der Waals surface area contributed by atoms with Gasteiger partial charge in [-0.1, -0.05) is 28.9 Å². The summed E-state index contributed by atoms with van der Waals surface area (Å²) in [5.74, 6) is 0.695. The van der Waals surface area contributed by atoms with Crippen LogP contribution in [0.2, 0.25) is 5.02 Å². The quantitative estimate of drug-likeness (QED) is 0.657. The zero-order chi connectivity index (χ0) is 18.8. The smallest absolute Gasteiger partial charge is 0.241 e. The van der Waals surface area contributed by atoms with Crippen LogP contribution in [0.4, 0.5) is 4.39 Å². The first-order chi connectivity index (χ1) is 13.1. The van der Waals surface area contributed by atoms with Crippen LogP contribution in [0.25, 0.3) is 11.4 Å². The topological polar surface area (TPSA) is 62.4 Å². The highest BCUT2D eigenvalue weighted by Gasteiger charge is 2.31. The lowest BCUT2D eigenvalue weighted by atomic mass is 10.1. The first-order valence-electron chi connectivity index (χ1n) is 8.84. The van der Waals surface area contributed by atoms with Crippen molar-refractivity contribution in [3.63, 3.8) is 0 Å². The van der Waals surface area contributed by atoms with Gasteiger partial charge in [0.1, 0.15) is 5.82 Å². The molecule has 0 saturated heterocycles. The van der Waals surface area contributed by atoms with Gasteiger partial charge in [-0.05, 0) is 54.8 Å². The monoisotopic (exact) mass is 387 g/mol. The largest absolute Gasteiger partial charge is 0.387 e. The summed E-state index contributed by atoms with van der Waals surface area (Å²) in [4.78, 5) is 6.59. The Balaban J connectivity index is 1.44. The Morgan fingerprint density at radius 2 is 1.85 bits per heavy atom. The van der Waals surface area contributed by atoms with E-state index in [2.05, 4.69) is 15.0 Å². The van der Waals surface area contributed by atoms with E-state index in [9.17, 15) is 9.50 Å². The fraction of sp³-hybridized carbons (Fsp3) is 0.300. The van der Waals surface area contributed by atoms with Crippen molar-refractivity contribution in [2.75, 3.05) is 6.54 Å². The van der Waals surface area contributed by atoms with Gasteiger partial charge in [0.2, 0.25) is 11.7 Å². The van der Waals surface area contributed by atoms with Crippen LogP contribution in [0, 0.1) is 5.82 Å². The lowest BCUT2D eigenvalue weighted by Crippen LogP contribution is -2.30. The molecule has 5 nitrogen and oxygen atoms in total. The lowest BCUT2D eigenvalue weighted by Gasteiger charge is -2.23. The summed E-state index contributed by atoms with van der Waals surface area (Å²) in [6.07, 6.45) is 1.45. The lowest BCUT2D eigenvalue weighted by molar-refractivity contribution is 0.0972. The molecule has 0 radical (unpaired) electrons. The Labute approximate surface area is 161 Å². The van der Waals surface area contributed by atoms with Crippen LogP contribution in [0.15, 0.2) is 53.1 Å². The summed E-state index contributed by atoms with van der Waals surface area (Å²) in [5.41, 5.74) is 1.52. The molecule has 0 amide bonds. The molecule has 3 aromatic rings. The predicted octanol–water partition coefficient (Wildman–Crippen LogP) is 4.23. The van der Waals surface area contributed by atoms with Gasteiger partial charge < -0.3 is 9.63 Å². The van der Waals surface area contributed by atoms with Gasteiger partial charge in [0.05, 0.1) is 12.6 Å². The maximum atomic E-state index is 13.1. The molecule has 140 valence electrons. The van der Waals surface area contributed by atoms with Crippen LogP contribution in [0.3, 0.4) is 0 Å². The standard InChI is InChI=1S/C20H19ClFN3O2/c21-15-5-1-14(2-6-15)20-23-19(27-24-20)12-25(17-9-10-17)11-18(26)13-3-7-16(22)8-4-13/h1-8,17-18,26H,9-12H2. The van der Waals surface area contributed by atoms with Gasteiger partial charge in [-0.15, -0.1) is 0 Å². The Hall–Kier alpha value is -2.28. The van der Waals surface area contributed by atoms with Gasteiger partial charge in [0, 0.05) is 23.2 Å². The Morgan fingerprint density at radius 3 is 2.52 bits per heavy atom. The molecule has 1 aliphatic carbocycles. The molecule has 0 bridgehead atoms. The molecule has 7 heteroatoms. The van der Waals surface area contributed by atoms with E-state index in [1.54, 1.807) is 24.3 Å². The van der Waals surface area contributed by atoms with Gasteiger partial charge in [0.15, 0.2) is 0 Å². The maximum Gasteiger partial charge on any atom is 0.241 e. The van der Waals surface area contributed by atoms with Gasteiger partial charge in [-0.3, -0.25) is 4.90 Å². The zero-order valence-electron chi connectivity index (χ0n) is 14.6. The Morgan fingerprint density at radius 1 is 1.15 bits per heavy atom. The molecule has 4 rings (SSSR count). The molecule has 1 unspecified atom stereocenters. The fourth-order valence-corrected chi connectivity index (χ4v) is 3.13. The second-order valence-electron chi connectivity index (χ2n) is 6.75. The SMILES string of the molecule is OC(CN(Cc1nc(-c2ccc(Cl)cc2)no1)C1CC1)c1ccc(F)cc1. The molecule has 1 N–H and O–H groups in total. The van der Waals surface area contributed by atoms with Crippen molar-refractivity contribution in [3.05, 3.63) is 70.8 Å². The van der Waals surface area contributed by atoms with Gasteiger partial charge in [-0.25, -0.2) is 4.39 Å². The van der Waals surface area contributed by atoms with Crippen molar-refractivity contribution >= 4 is 11.6 Å². The Kier molecular flexibility index (Phi) is 5.20. The summed E-state index contributed by atoms with van der Waals surface area (Å²) in [5, 5.41) is 15.2. The number of benzene rings is 2. The summed E-state index contributed by atoms with van der Waals surface area (Å²) in [6.45, 7) is 0.887. The van der Waals surface area contributed by atoms with E-state index in [4.69, 9.17) is 16.1 Å². The van der Waals surface area contributed by atoms with E-state index >= 15 is 0 Å². The second-order valence-corrected chi connectivity index (χ2v) is 7.18. The molecule has 1 aromatic heterocycles. The van der Waals surface area contributed by atoms with Crippen molar-refractivity contribution < 1.29 is 14.0 Å². The highest BCUT2D eigenvalue weighted by molar-refractivity contribution is 6.30. The van der Waals surface area contributed by atoms with Crippen LogP contribution < -0.4 is 0 Å². The predicted molar refractivity (Wildman–Crippen MR) is 99.5 cm³/mol. The number of halogens is 2. The normalized spacial score (nSPS) is 15.3. The molecule has 1 atom stereocenters. The summed E-state index contributed by atoms with van der Waals surface area (Å²) in [6, 6.07) is 13.6. The van der Waals surface area contributed by atoms with E-state index in [1.165, 1.54) is 12.1 Å². The molecule has 27 heavy (non-hydrogen) atoms. The van der Waals surface area contributed by atoms with Gasteiger partial charge in [0.25, 0.3) is 0 Å².